The van der Waals surface area contributed by atoms with Crippen molar-refractivity contribution in [3.8, 4) is 0 Å². The lowest BCUT2D eigenvalue weighted by Crippen LogP contribution is -2.68. The fraction of sp³-hybridized carbons (Fsp3) is 0.545. The molecule has 1 saturated heterocycles. The summed E-state index contributed by atoms with van der Waals surface area (Å²) < 4.78 is 59.0. The minimum absolute atomic E-state index is 0.0938. The molecule has 7 rings (SSSR count). The third kappa shape index (κ3) is 4.03. The summed E-state index contributed by atoms with van der Waals surface area (Å²) in [6.45, 7) is 0.0880. The SMILES string of the molecule is COCc1cc2c(Nc3cc([C@@H]4OC[C@H](OC(=O)NC56CC(C5)C6)[C@H]4F)[nH]n3)nc(C(F)F)cn2n1. The van der Waals surface area contributed by atoms with E-state index in [1.54, 1.807) is 6.07 Å². The van der Waals surface area contributed by atoms with E-state index < -0.39 is 36.6 Å². The van der Waals surface area contributed by atoms with Crippen molar-refractivity contribution in [3.05, 3.63) is 35.4 Å². The molecule has 36 heavy (non-hydrogen) atoms. The fourth-order valence-corrected chi connectivity index (χ4v) is 5.10. The van der Waals surface area contributed by atoms with Crippen molar-refractivity contribution in [2.45, 2.75) is 56.2 Å². The number of aromatic nitrogens is 5. The van der Waals surface area contributed by atoms with Gasteiger partial charge in [-0.2, -0.15) is 10.2 Å². The minimum atomic E-state index is -2.82. The highest BCUT2D eigenvalue weighted by molar-refractivity contribution is 5.72. The molecule has 11 nitrogen and oxygen atoms in total. The molecule has 4 aliphatic rings. The van der Waals surface area contributed by atoms with E-state index in [2.05, 4.69) is 30.9 Å². The molecule has 14 heteroatoms. The number of rotatable bonds is 8. The van der Waals surface area contributed by atoms with Crippen molar-refractivity contribution in [2.75, 3.05) is 19.0 Å². The van der Waals surface area contributed by atoms with E-state index in [-0.39, 0.29) is 30.4 Å². The van der Waals surface area contributed by atoms with Crippen LogP contribution < -0.4 is 10.6 Å². The lowest BCUT2D eigenvalue weighted by molar-refractivity contribution is -0.0528. The summed E-state index contributed by atoms with van der Waals surface area (Å²) in [6.07, 6.45) is -3.18. The smallest absolute Gasteiger partial charge is 0.408 e. The van der Waals surface area contributed by atoms with Crippen LogP contribution in [0.1, 0.15) is 48.9 Å². The monoisotopic (exact) mass is 507 g/mol. The van der Waals surface area contributed by atoms with Gasteiger partial charge in [-0.15, -0.1) is 0 Å². The number of amides is 1. The first kappa shape index (κ1) is 23.0. The second-order valence-electron chi connectivity index (χ2n) is 9.57. The molecule has 3 aliphatic carbocycles. The number of methoxy groups -OCH3 is 1. The molecule has 3 saturated carbocycles. The van der Waals surface area contributed by atoms with E-state index >= 15 is 4.39 Å². The molecule has 1 aliphatic heterocycles. The number of alkyl carbamates (subject to hydrolysis) is 1. The van der Waals surface area contributed by atoms with E-state index in [0.29, 0.717) is 22.8 Å². The Balaban J connectivity index is 1.15. The summed E-state index contributed by atoms with van der Waals surface area (Å²) in [5.41, 5.74) is 0.607. The Labute approximate surface area is 202 Å². The summed E-state index contributed by atoms with van der Waals surface area (Å²) in [4.78, 5) is 16.2. The van der Waals surface area contributed by atoms with Gasteiger partial charge >= 0.3 is 6.09 Å². The van der Waals surface area contributed by atoms with Crippen LogP contribution in [-0.4, -0.2) is 62.4 Å². The lowest BCUT2D eigenvalue weighted by Gasteiger charge is -2.61. The number of H-pyrrole nitrogens is 1. The van der Waals surface area contributed by atoms with Crippen LogP contribution in [0.2, 0.25) is 0 Å². The van der Waals surface area contributed by atoms with E-state index in [1.807, 2.05) is 0 Å². The summed E-state index contributed by atoms with van der Waals surface area (Å²) in [6, 6.07) is 3.14. The standard InChI is InChI=1S/C22H24F3N7O4/c1-34-8-11-2-14-20(26-13(19(24)25)7-32(14)31-11)27-16-3-12(29-30-16)18-17(23)15(9-35-18)36-21(33)28-22-4-10(5-22)6-22/h2-3,7,10,15,17-19H,4-6,8-9H2,1H3,(H,28,33)(H2,26,27,29,30)/t10?,15-,17+,18-,22?/m0/s1. The Kier molecular flexibility index (Phi) is 5.52. The van der Waals surface area contributed by atoms with Gasteiger partial charge in [-0.3, -0.25) is 5.10 Å². The molecule has 0 radical (unpaired) electrons. The quantitative estimate of drug-likeness (QED) is 0.424. The zero-order chi connectivity index (χ0) is 25.0. The molecular weight excluding hydrogens is 483 g/mol. The van der Waals surface area contributed by atoms with Crippen molar-refractivity contribution in [1.82, 2.24) is 30.1 Å². The molecule has 0 spiro atoms. The van der Waals surface area contributed by atoms with Crippen LogP contribution in [0, 0.1) is 5.92 Å². The Morgan fingerprint density at radius 2 is 2.17 bits per heavy atom. The molecule has 4 heterocycles. The number of halogens is 3. The van der Waals surface area contributed by atoms with E-state index in [9.17, 15) is 13.6 Å². The summed E-state index contributed by atoms with van der Waals surface area (Å²) in [7, 11) is 1.50. The predicted octanol–water partition coefficient (Wildman–Crippen LogP) is 3.34. The molecule has 3 aromatic heterocycles. The summed E-state index contributed by atoms with van der Waals surface area (Å²) in [5.74, 6) is 0.991. The maximum Gasteiger partial charge on any atom is 0.408 e. The van der Waals surface area contributed by atoms with Gasteiger partial charge in [0, 0.05) is 18.7 Å². The van der Waals surface area contributed by atoms with E-state index in [1.165, 1.54) is 17.7 Å². The zero-order valence-corrected chi connectivity index (χ0v) is 19.2. The molecule has 2 bridgehead atoms. The van der Waals surface area contributed by atoms with Crippen molar-refractivity contribution in [1.29, 1.82) is 0 Å². The van der Waals surface area contributed by atoms with Gasteiger partial charge in [-0.05, 0) is 31.2 Å². The number of ether oxygens (including phenoxy) is 3. The molecule has 0 aromatic carbocycles. The molecule has 192 valence electrons. The summed E-state index contributed by atoms with van der Waals surface area (Å²) in [5, 5.41) is 16.7. The first-order valence-corrected chi connectivity index (χ1v) is 11.6. The van der Waals surface area contributed by atoms with Gasteiger partial charge in [0.2, 0.25) is 0 Å². The van der Waals surface area contributed by atoms with Gasteiger partial charge in [0.15, 0.2) is 23.9 Å². The first-order chi connectivity index (χ1) is 17.3. The van der Waals surface area contributed by atoms with Crippen LogP contribution in [-0.2, 0) is 20.8 Å². The Bertz CT molecular complexity index is 1280. The lowest BCUT2D eigenvalue weighted by atomic mass is 9.50. The number of nitrogens with zero attached hydrogens (tertiary/aromatic N) is 4. The largest absolute Gasteiger partial charge is 0.441 e. The number of nitrogens with one attached hydrogen (secondary N) is 3. The number of carbonyl (C=O) groups is 1. The molecule has 3 atom stereocenters. The number of anilines is 2. The van der Waals surface area contributed by atoms with Crippen LogP contribution in [0.15, 0.2) is 18.3 Å². The Hall–Kier alpha value is -3.39. The number of aromatic amines is 1. The predicted molar refractivity (Wildman–Crippen MR) is 118 cm³/mol. The first-order valence-electron chi connectivity index (χ1n) is 11.6. The van der Waals surface area contributed by atoms with Gasteiger partial charge in [0.1, 0.15) is 17.3 Å². The maximum absolute atomic E-state index is 15.1. The number of fused-ring (bicyclic) bond motifs is 1. The van der Waals surface area contributed by atoms with Gasteiger partial charge in [-0.1, -0.05) is 0 Å². The average molecular weight is 507 g/mol. The average Bonchev–Trinajstić information content (AvgIpc) is 3.49. The normalized spacial score (nSPS) is 28.7. The number of hydrogen-bond donors (Lipinski definition) is 3. The van der Waals surface area contributed by atoms with Crippen molar-refractivity contribution in [2.24, 2.45) is 5.92 Å². The molecule has 4 fully saturated rings. The highest BCUT2D eigenvalue weighted by Gasteiger charge is 2.58. The Morgan fingerprint density at radius 3 is 2.86 bits per heavy atom. The van der Waals surface area contributed by atoms with E-state index in [0.717, 1.165) is 25.5 Å². The van der Waals surface area contributed by atoms with Crippen molar-refractivity contribution >= 4 is 23.2 Å². The molecule has 3 N–H and O–H groups in total. The van der Waals surface area contributed by atoms with Crippen molar-refractivity contribution in [3.63, 3.8) is 0 Å². The topological polar surface area (TPSA) is 128 Å². The van der Waals surface area contributed by atoms with Gasteiger partial charge in [-0.25, -0.2) is 27.5 Å². The Morgan fingerprint density at radius 1 is 1.36 bits per heavy atom. The molecule has 1 amide bonds. The molecule has 3 aromatic rings. The maximum atomic E-state index is 15.1. The van der Waals surface area contributed by atoms with Crippen LogP contribution in [0.4, 0.5) is 29.6 Å². The second-order valence-corrected chi connectivity index (χ2v) is 9.57. The highest BCUT2D eigenvalue weighted by Crippen LogP contribution is 2.57. The van der Waals surface area contributed by atoms with Gasteiger partial charge in [0.25, 0.3) is 6.43 Å². The van der Waals surface area contributed by atoms with Crippen LogP contribution in [0.25, 0.3) is 5.52 Å². The fourth-order valence-electron chi connectivity index (χ4n) is 5.10. The van der Waals surface area contributed by atoms with Crippen molar-refractivity contribution < 1.29 is 32.2 Å². The van der Waals surface area contributed by atoms with E-state index in [4.69, 9.17) is 14.2 Å². The zero-order valence-electron chi connectivity index (χ0n) is 19.2. The third-order valence-corrected chi connectivity index (χ3v) is 6.94. The van der Waals surface area contributed by atoms with Crippen LogP contribution in [0.5, 0.6) is 0 Å². The highest BCUT2D eigenvalue weighted by atomic mass is 19.3. The molecule has 0 unspecified atom stereocenters. The third-order valence-electron chi connectivity index (χ3n) is 6.94. The van der Waals surface area contributed by atoms with Gasteiger partial charge < -0.3 is 24.8 Å². The second kappa shape index (κ2) is 8.62. The van der Waals surface area contributed by atoms with Crippen LogP contribution in [0.3, 0.4) is 0 Å². The summed E-state index contributed by atoms with van der Waals surface area (Å²) >= 11 is 0. The number of hydrogen-bond acceptors (Lipinski definition) is 8. The van der Waals surface area contributed by atoms with Crippen LogP contribution >= 0.6 is 0 Å². The minimum Gasteiger partial charge on any atom is -0.441 e. The number of carbonyl (C=O) groups excluding carboxylic acids is 1. The molecular formula is C22H24F3N7O4. The number of alkyl halides is 3. The van der Waals surface area contributed by atoms with Gasteiger partial charge in [0.05, 0.1) is 30.8 Å².